The second-order valence-corrected chi connectivity index (χ2v) is 4.58. The van der Waals surface area contributed by atoms with Gasteiger partial charge >= 0.3 is 0 Å². The third kappa shape index (κ3) is 1.53. The van der Waals surface area contributed by atoms with Gasteiger partial charge in [-0.05, 0) is 25.0 Å². The van der Waals surface area contributed by atoms with Gasteiger partial charge in [0, 0.05) is 29.7 Å². The largest absolute Gasteiger partial charge is 0.346 e. The fraction of sp³-hybridized carbons (Fsp3) is 0.385. The van der Waals surface area contributed by atoms with Gasteiger partial charge in [-0.2, -0.15) is 0 Å². The summed E-state index contributed by atoms with van der Waals surface area (Å²) < 4.78 is 2.16. The van der Waals surface area contributed by atoms with Crippen LogP contribution in [-0.2, 0) is 13.5 Å². The number of hydrogen-bond donors (Lipinski definition) is 1. The highest BCUT2D eigenvalue weighted by Crippen LogP contribution is 2.34. The van der Waals surface area contributed by atoms with Gasteiger partial charge in [0.25, 0.3) is 0 Å². The first kappa shape index (κ1) is 11.5. The molecule has 0 spiro atoms. The molecular formula is C13H17ClN2. The first-order valence-electron chi connectivity index (χ1n) is 5.59. The molecule has 1 atom stereocenters. The Morgan fingerprint density at radius 3 is 2.69 bits per heavy atom. The van der Waals surface area contributed by atoms with Gasteiger partial charge in [0.05, 0.1) is 5.02 Å². The van der Waals surface area contributed by atoms with Crippen molar-refractivity contribution in [2.24, 2.45) is 12.8 Å². The molecule has 0 saturated heterocycles. The van der Waals surface area contributed by atoms with E-state index in [-0.39, 0.29) is 6.04 Å². The summed E-state index contributed by atoms with van der Waals surface area (Å²) in [7, 11) is 2.05. The van der Waals surface area contributed by atoms with Crippen LogP contribution >= 0.6 is 11.6 Å². The van der Waals surface area contributed by atoms with Crippen LogP contribution in [0, 0.1) is 0 Å². The number of benzene rings is 1. The van der Waals surface area contributed by atoms with E-state index in [9.17, 15) is 0 Å². The minimum absolute atomic E-state index is 0.00769. The summed E-state index contributed by atoms with van der Waals surface area (Å²) in [6.07, 6.45) is 0.933. The van der Waals surface area contributed by atoms with E-state index in [1.165, 1.54) is 5.69 Å². The maximum absolute atomic E-state index is 6.44. The molecule has 0 aliphatic rings. The highest BCUT2D eigenvalue weighted by Gasteiger charge is 2.16. The van der Waals surface area contributed by atoms with Crippen LogP contribution in [0.25, 0.3) is 10.9 Å². The predicted molar refractivity (Wildman–Crippen MR) is 69.9 cm³/mol. The molecule has 2 N–H and O–H groups in total. The van der Waals surface area contributed by atoms with Gasteiger partial charge in [-0.3, -0.25) is 0 Å². The number of halogens is 1. The molecule has 3 heteroatoms. The molecule has 0 fully saturated rings. The Balaban J connectivity index is 2.88. The van der Waals surface area contributed by atoms with Gasteiger partial charge in [-0.15, -0.1) is 0 Å². The van der Waals surface area contributed by atoms with E-state index < -0.39 is 0 Å². The highest BCUT2D eigenvalue weighted by atomic mass is 35.5. The van der Waals surface area contributed by atoms with Gasteiger partial charge in [-0.25, -0.2) is 0 Å². The van der Waals surface area contributed by atoms with Crippen molar-refractivity contribution in [1.29, 1.82) is 0 Å². The van der Waals surface area contributed by atoms with E-state index in [4.69, 9.17) is 17.3 Å². The standard InChI is InChI=1S/C13H17ClN2/c1-4-10-13(14)12-9(8(2)15)6-5-7-11(12)16(10)3/h5-8H,4,15H2,1-3H3. The quantitative estimate of drug-likeness (QED) is 0.851. The topological polar surface area (TPSA) is 30.9 Å². The van der Waals surface area contributed by atoms with E-state index in [1.54, 1.807) is 0 Å². The van der Waals surface area contributed by atoms with E-state index >= 15 is 0 Å². The lowest BCUT2D eigenvalue weighted by molar-refractivity contribution is 0.826. The Bertz CT molecular complexity index is 526. The summed E-state index contributed by atoms with van der Waals surface area (Å²) in [5.74, 6) is 0. The second kappa shape index (κ2) is 4.11. The zero-order valence-electron chi connectivity index (χ0n) is 9.92. The highest BCUT2D eigenvalue weighted by molar-refractivity contribution is 6.36. The molecule has 0 radical (unpaired) electrons. The molecule has 0 aliphatic heterocycles. The molecule has 0 bridgehead atoms. The molecule has 16 heavy (non-hydrogen) atoms. The monoisotopic (exact) mass is 236 g/mol. The molecule has 0 aliphatic carbocycles. The summed E-state index contributed by atoms with van der Waals surface area (Å²) >= 11 is 6.44. The summed E-state index contributed by atoms with van der Waals surface area (Å²) in [5, 5.41) is 1.96. The van der Waals surface area contributed by atoms with E-state index in [1.807, 2.05) is 13.0 Å². The molecule has 2 nitrogen and oxygen atoms in total. The maximum atomic E-state index is 6.44. The van der Waals surface area contributed by atoms with Gasteiger partial charge in [0.1, 0.15) is 0 Å². The van der Waals surface area contributed by atoms with Crippen LogP contribution in [0.2, 0.25) is 5.02 Å². The summed E-state index contributed by atoms with van der Waals surface area (Å²) in [6, 6.07) is 6.19. The molecule has 0 amide bonds. The second-order valence-electron chi connectivity index (χ2n) is 4.20. The number of fused-ring (bicyclic) bond motifs is 1. The summed E-state index contributed by atoms with van der Waals surface area (Å²) in [6.45, 7) is 4.11. The van der Waals surface area contributed by atoms with Crippen molar-refractivity contribution in [2.75, 3.05) is 0 Å². The molecule has 1 aromatic carbocycles. The van der Waals surface area contributed by atoms with E-state index in [0.29, 0.717) is 0 Å². The van der Waals surface area contributed by atoms with Gasteiger partial charge in [-0.1, -0.05) is 30.7 Å². The lowest BCUT2D eigenvalue weighted by Crippen LogP contribution is -2.05. The lowest BCUT2D eigenvalue weighted by atomic mass is 10.0. The Morgan fingerprint density at radius 1 is 1.44 bits per heavy atom. The SMILES string of the molecule is CCc1c(Cl)c2c(C(C)N)cccc2n1C. The van der Waals surface area contributed by atoms with Crippen molar-refractivity contribution in [1.82, 2.24) is 4.57 Å². The van der Waals surface area contributed by atoms with Crippen LogP contribution < -0.4 is 5.73 Å². The average Bonchev–Trinajstić information content (AvgIpc) is 2.51. The van der Waals surface area contributed by atoms with Gasteiger partial charge < -0.3 is 10.3 Å². The normalized spacial score (nSPS) is 13.3. The molecular weight excluding hydrogens is 220 g/mol. The van der Waals surface area contributed by atoms with E-state index in [2.05, 4.69) is 30.7 Å². The van der Waals surface area contributed by atoms with Crippen LogP contribution in [-0.4, -0.2) is 4.57 Å². The van der Waals surface area contributed by atoms with Crippen molar-refractivity contribution in [3.8, 4) is 0 Å². The Hall–Kier alpha value is -0.990. The fourth-order valence-electron chi connectivity index (χ4n) is 2.28. The van der Waals surface area contributed by atoms with E-state index in [0.717, 1.165) is 27.9 Å². The van der Waals surface area contributed by atoms with Crippen LogP contribution in [0.15, 0.2) is 18.2 Å². The fourth-order valence-corrected chi connectivity index (χ4v) is 2.75. The third-order valence-electron chi connectivity index (χ3n) is 3.14. The molecule has 1 unspecified atom stereocenters. The first-order chi connectivity index (χ1) is 7.57. The maximum Gasteiger partial charge on any atom is 0.0697 e. The van der Waals surface area contributed by atoms with Gasteiger partial charge in [0.2, 0.25) is 0 Å². The van der Waals surface area contributed by atoms with Gasteiger partial charge in [0.15, 0.2) is 0 Å². The number of aryl methyl sites for hydroxylation is 1. The molecule has 0 saturated carbocycles. The smallest absolute Gasteiger partial charge is 0.0697 e. The predicted octanol–water partition coefficient (Wildman–Crippen LogP) is 3.41. The van der Waals surface area contributed by atoms with Crippen LogP contribution in [0.1, 0.15) is 31.1 Å². The zero-order valence-corrected chi connectivity index (χ0v) is 10.7. The third-order valence-corrected chi connectivity index (χ3v) is 3.55. The number of nitrogens with two attached hydrogens (primary N) is 1. The molecule has 1 heterocycles. The van der Waals surface area contributed by atoms with Crippen molar-refractivity contribution in [3.05, 3.63) is 34.5 Å². The number of hydrogen-bond acceptors (Lipinski definition) is 1. The van der Waals surface area contributed by atoms with Crippen LogP contribution in [0.3, 0.4) is 0 Å². The Kier molecular flexibility index (Phi) is 2.96. The van der Waals surface area contributed by atoms with Crippen molar-refractivity contribution in [3.63, 3.8) is 0 Å². The Labute approximate surface area is 101 Å². The number of rotatable bonds is 2. The molecule has 86 valence electrons. The van der Waals surface area contributed by atoms with Crippen LogP contribution in [0.5, 0.6) is 0 Å². The molecule has 2 aromatic rings. The lowest BCUT2D eigenvalue weighted by Gasteiger charge is -2.07. The van der Waals surface area contributed by atoms with Crippen molar-refractivity contribution >= 4 is 22.5 Å². The van der Waals surface area contributed by atoms with Crippen molar-refractivity contribution < 1.29 is 0 Å². The molecule has 1 aromatic heterocycles. The van der Waals surface area contributed by atoms with Crippen LogP contribution in [0.4, 0.5) is 0 Å². The molecule has 2 rings (SSSR count). The first-order valence-corrected chi connectivity index (χ1v) is 5.97. The summed E-state index contributed by atoms with van der Waals surface area (Å²) in [4.78, 5) is 0. The zero-order chi connectivity index (χ0) is 11.9. The van der Waals surface area contributed by atoms with Crippen molar-refractivity contribution in [2.45, 2.75) is 26.3 Å². The average molecular weight is 237 g/mol. The Morgan fingerprint density at radius 2 is 2.12 bits per heavy atom. The minimum atomic E-state index is 0.00769. The number of nitrogens with zero attached hydrogens (tertiary/aromatic N) is 1. The number of aromatic nitrogens is 1. The minimum Gasteiger partial charge on any atom is -0.346 e. The summed E-state index contributed by atoms with van der Waals surface area (Å²) in [5.41, 5.74) is 9.44.